The van der Waals surface area contributed by atoms with E-state index in [2.05, 4.69) is 28.7 Å². The predicted octanol–water partition coefficient (Wildman–Crippen LogP) is 4.85. The third kappa shape index (κ3) is 4.98. The van der Waals surface area contributed by atoms with Gasteiger partial charge in [0.2, 0.25) is 11.7 Å². The molecule has 3 aromatic carbocycles. The highest BCUT2D eigenvalue weighted by Crippen LogP contribution is 2.38. The van der Waals surface area contributed by atoms with Crippen LogP contribution in [-0.2, 0) is 11.3 Å². The first kappa shape index (κ1) is 22.0. The maximum Gasteiger partial charge on any atom is 0.244 e. The van der Waals surface area contributed by atoms with Crippen molar-refractivity contribution in [2.24, 2.45) is 0 Å². The van der Waals surface area contributed by atoms with E-state index < -0.39 is 0 Å². The lowest BCUT2D eigenvalue weighted by atomic mass is 10.1. The second-order valence-electron chi connectivity index (χ2n) is 7.25. The highest BCUT2D eigenvalue weighted by molar-refractivity contribution is 5.92. The van der Waals surface area contributed by atoms with E-state index in [0.29, 0.717) is 28.7 Å². The van der Waals surface area contributed by atoms with Crippen molar-refractivity contribution in [3.8, 4) is 28.6 Å². The van der Waals surface area contributed by atoms with Crippen LogP contribution in [0.1, 0.15) is 11.3 Å². The van der Waals surface area contributed by atoms with E-state index in [1.54, 1.807) is 39.5 Å². The van der Waals surface area contributed by atoms with Crippen LogP contribution in [0.3, 0.4) is 0 Å². The Hall–Kier alpha value is -4.26. The summed E-state index contributed by atoms with van der Waals surface area (Å²) in [6.45, 7) is 0.246. The van der Waals surface area contributed by atoms with Gasteiger partial charge in [-0.2, -0.15) is 0 Å². The van der Waals surface area contributed by atoms with Gasteiger partial charge in [-0.3, -0.25) is 4.79 Å². The minimum atomic E-state index is -0.265. The SMILES string of the molecule is COc1cc(/C=C\C(=O)NCc2cc(-c3ccc4ccccc4c3)on2)cc(OC)c1OC. The summed E-state index contributed by atoms with van der Waals surface area (Å²) in [6.07, 6.45) is 3.11. The lowest BCUT2D eigenvalue weighted by Crippen LogP contribution is -2.20. The normalized spacial score (nSPS) is 11.0. The molecule has 1 heterocycles. The zero-order chi connectivity index (χ0) is 23.2. The number of hydrogen-bond donors (Lipinski definition) is 1. The quantitative estimate of drug-likeness (QED) is 0.391. The monoisotopic (exact) mass is 444 g/mol. The first-order valence-electron chi connectivity index (χ1n) is 10.3. The predicted molar refractivity (Wildman–Crippen MR) is 126 cm³/mol. The average Bonchev–Trinajstić information content (AvgIpc) is 3.34. The summed E-state index contributed by atoms with van der Waals surface area (Å²) in [7, 11) is 4.63. The van der Waals surface area contributed by atoms with Gasteiger partial charge in [-0.15, -0.1) is 0 Å². The third-order valence-electron chi connectivity index (χ3n) is 5.15. The van der Waals surface area contributed by atoms with Crippen molar-refractivity contribution < 1.29 is 23.5 Å². The van der Waals surface area contributed by atoms with Gasteiger partial charge in [0.05, 0.1) is 27.9 Å². The van der Waals surface area contributed by atoms with E-state index in [9.17, 15) is 4.79 Å². The van der Waals surface area contributed by atoms with Gasteiger partial charge in [-0.1, -0.05) is 41.6 Å². The van der Waals surface area contributed by atoms with Crippen LogP contribution in [-0.4, -0.2) is 32.4 Å². The molecule has 1 amide bonds. The number of nitrogens with one attached hydrogen (secondary N) is 1. The number of ether oxygens (including phenoxy) is 3. The molecule has 7 nitrogen and oxygen atoms in total. The lowest BCUT2D eigenvalue weighted by Gasteiger charge is -2.12. The molecule has 0 aliphatic rings. The molecule has 7 heteroatoms. The molecule has 33 heavy (non-hydrogen) atoms. The second kappa shape index (κ2) is 9.91. The smallest absolute Gasteiger partial charge is 0.244 e. The van der Waals surface area contributed by atoms with Gasteiger partial charge in [0.25, 0.3) is 0 Å². The van der Waals surface area contributed by atoms with Gasteiger partial charge in [0, 0.05) is 17.7 Å². The number of aromatic nitrogens is 1. The summed E-state index contributed by atoms with van der Waals surface area (Å²) in [5.74, 6) is 1.91. The highest BCUT2D eigenvalue weighted by atomic mass is 16.5. The van der Waals surface area contributed by atoms with Crippen molar-refractivity contribution in [2.75, 3.05) is 21.3 Å². The van der Waals surface area contributed by atoms with Gasteiger partial charge in [0.15, 0.2) is 17.3 Å². The zero-order valence-corrected chi connectivity index (χ0v) is 18.6. The highest BCUT2D eigenvalue weighted by Gasteiger charge is 2.12. The molecular formula is C26H24N2O5. The number of amides is 1. The number of rotatable bonds is 8. The van der Waals surface area contributed by atoms with Crippen LogP contribution in [0.2, 0.25) is 0 Å². The average molecular weight is 444 g/mol. The summed E-state index contributed by atoms with van der Waals surface area (Å²) in [5, 5.41) is 9.16. The van der Waals surface area contributed by atoms with E-state index >= 15 is 0 Å². The summed E-state index contributed by atoms with van der Waals surface area (Å²) < 4.78 is 21.5. The molecular weight excluding hydrogens is 420 g/mol. The number of fused-ring (bicyclic) bond motifs is 1. The van der Waals surface area contributed by atoms with E-state index in [-0.39, 0.29) is 12.5 Å². The van der Waals surface area contributed by atoms with Crippen LogP contribution in [0.4, 0.5) is 0 Å². The minimum absolute atomic E-state index is 0.246. The van der Waals surface area contributed by atoms with Gasteiger partial charge in [0.1, 0.15) is 5.69 Å². The fourth-order valence-corrected chi connectivity index (χ4v) is 3.48. The van der Waals surface area contributed by atoms with E-state index in [4.69, 9.17) is 18.7 Å². The molecule has 0 radical (unpaired) electrons. The summed E-state index contributed by atoms with van der Waals surface area (Å²) >= 11 is 0. The Morgan fingerprint density at radius 2 is 1.67 bits per heavy atom. The molecule has 168 valence electrons. The van der Waals surface area contributed by atoms with Crippen molar-refractivity contribution in [1.82, 2.24) is 10.5 Å². The van der Waals surface area contributed by atoms with Crippen LogP contribution in [0, 0.1) is 0 Å². The first-order valence-corrected chi connectivity index (χ1v) is 10.3. The Morgan fingerprint density at radius 1 is 0.939 bits per heavy atom. The van der Waals surface area contributed by atoms with E-state index in [0.717, 1.165) is 21.9 Å². The van der Waals surface area contributed by atoms with Crippen molar-refractivity contribution >= 4 is 22.8 Å². The maximum atomic E-state index is 12.3. The third-order valence-corrected chi connectivity index (χ3v) is 5.15. The van der Waals surface area contributed by atoms with Gasteiger partial charge >= 0.3 is 0 Å². The second-order valence-corrected chi connectivity index (χ2v) is 7.25. The van der Waals surface area contributed by atoms with Crippen LogP contribution >= 0.6 is 0 Å². The molecule has 0 spiro atoms. The molecule has 1 aromatic heterocycles. The molecule has 0 saturated heterocycles. The number of carbonyl (C=O) groups is 1. The minimum Gasteiger partial charge on any atom is -0.493 e. The van der Waals surface area contributed by atoms with Crippen molar-refractivity contribution in [3.05, 3.63) is 78.0 Å². The molecule has 0 saturated carbocycles. The van der Waals surface area contributed by atoms with Gasteiger partial charge < -0.3 is 24.1 Å². The Labute approximate surface area is 191 Å². The van der Waals surface area contributed by atoms with E-state index in [1.165, 1.54) is 6.08 Å². The lowest BCUT2D eigenvalue weighted by molar-refractivity contribution is -0.116. The molecule has 1 N–H and O–H groups in total. The number of nitrogens with zero attached hydrogens (tertiary/aromatic N) is 1. The number of hydrogen-bond acceptors (Lipinski definition) is 6. The van der Waals surface area contributed by atoms with Crippen molar-refractivity contribution in [3.63, 3.8) is 0 Å². The number of benzene rings is 3. The van der Waals surface area contributed by atoms with Crippen LogP contribution in [0.5, 0.6) is 17.2 Å². The Bertz CT molecular complexity index is 1280. The van der Waals surface area contributed by atoms with Gasteiger partial charge in [-0.25, -0.2) is 0 Å². The topological polar surface area (TPSA) is 82.8 Å². The summed E-state index contributed by atoms with van der Waals surface area (Å²) in [4.78, 5) is 12.3. The van der Waals surface area contributed by atoms with Crippen LogP contribution in [0.25, 0.3) is 28.2 Å². The first-order chi connectivity index (χ1) is 16.1. The Balaban J connectivity index is 1.40. The zero-order valence-electron chi connectivity index (χ0n) is 18.6. The summed E-state index contributed by atoms with van der Waals surface area (Å²) in [5.41, 5.74) is 2.30. The van der Waals surface area contributed by atoms with Crippen molar-refractivity contribution in [1.29, 1.82) is 0 Å². The fraction of sp³-hybridized carbons (Fsp3) is 0.154. The van der Waals surface area contributed by atoms with Crippen molar-refractivity contribution in [2.45, 2.75) is 6.54 Å². The Morgan fingerprint density at radius 3 is 2.36 bits per heavy atom. The van der Waals surface area contributed by atoms with E-state index in [1.807, 2.05) is 30.3 Å². The standard InChI is InChI=1S/C26H24N2O5/c1-30-23-12-17(13-24(31-2)26(23)32-3)8-11-25(29)27-16-21-15-22(33-28-21)20-10-9-18-6-4-5-7-19(18)14-20/h4-15H,16H2,1-3H3,(H,27,29)/b11-8-. The van der Waals surface area contributed by atoms with Gasteiger partial charge in [-0.05, 0) is 40.6 Å². The molecule has 0 atom stereocenters. The number of carbonyl (C=O) groups excluding carboxylic acids is 1. The molecule has 4 rings (SSSR count). The molecule has 0 aliphatic heterocycles. The molecule has 4 aromatic rings. The number of methoxy groups -OCH3 is 3. The molecule has 0 bridgehead atoms. The fourth-order valence-electron chi connectivity index (χ4n) is 3.48. The molecule has 0 unspecified atom stereocenters. The Kier molecular flexibility index (Phi) is 6.59. The maximum absolute atomic E-state index is 12.3. The van der Waals surface area contributed by atoms with Crippen LogP contribution in [0.15, 0.2) is 71.3 Å². The molecule has 0 fully saturated rings. The van der Waals surface area contributed by atoms with Crippen LogP contribution < -0.4 is 19.5 Å². The largest absolute Gasteiger partial charge is 0.493 e. The molecule has 0 aliphatic carbocycles. The summed E-state index contributed by atoms with van der Waals surface area (Å²) in [6, 6.07) is 19.6.